The Kier molecular flexibility index (Phi) is 5.21. The topological polar surface area (TPSA) is 135 Å². The average Bonchev–Trinajstić information content (AvgIpc) is 3.40. The molecule has 0 saturated carbocycles. The van der Waals surface area contributed by atoms with Crippen LogP contribution in [0, 0.1) is 10.1 Å². The summed E-state index contributed by atoms with van der Waals surface area (Å²) in [5, 5.41) is 19.3. The van der Waals surface area contributed by atoms with Gasteiger partial charge < -0.3 is 14.5 Å². The number of hydrogen-bond acceptors (Lipinski definition) is 9. The van der Waals surface area contributed by atoms with Crippen LogP contribution in [0.1, 0.15) is 0 Å². The molecule has 1 N–H and O–H groups in total. The standard InChI is InChI=1S/C25H22N8O4/c1-30-13-17(37-21-9-8-16(33(35)36)10-20(21)30)14-31(2)25-26-11-18-22-19(12-27-29-22)24(34)32(23(18)28-25)15-6-4-3-5-7-15/h3-12,17H,13-14H2,1-2H3,(H,27,29)/t17-/m1/s1. The molecule has 4 heterocycles. The second kappa shape index (κ2) is 8.59. The molecule has 5 aromatic rings. The van der Waals surface area contributed by atoms with Crippen LogP contribution in [0.3, 0.4) is 0 Å². The number of H-pyrrole nitrogens is 1. The third-order valence-electron chi connectivity index (χ3n) is 6.47. The van der Waals surface area contributed by atoms with Crippen LogP contribution in [-0.4, -0.2) is 62.9 Å². The molecule has 0 spiro atoms. The van der Waals surface area contributed by atoms with E-state index in [4.69, 9.17) is 9.72 Å². The first-order chi connectivity index (χ1) is 17.9. The summed E-state index contributed by atoms with van der Waals surface area (Å²) in [6.07, 6.45) is 3.02. The van der Waals surface area contributed by atoms with Crippen molar-refractivity contribution in [2.45, 2.75) is 6.10 Å². The second-order valence-electron chi connectivity index (χ2n) is 8.94. The summed E-state index contributed by atoms with van der Waals surface area (Å²) < 4.78 is 7.71. The van der Waals surface area contributed by atoms with E-state index in [1.807, 2.05) is 54.2 Å². The fourth-order valence-electron chi connectivity index (χ4n) is 4.70. The van der Waals surface area contributed by atoms with Gasteiger partial charge in [0.2, 0.25) is 5.95 Å². The number of aromatic nitrogens is 5. The molecule has 6 rings (SSSR count). The first-order valence-electron chi connectivity index (χ1n) is 11.6. The van der Waals surface area contributed by atoms with Crippen LogP contribution in [0.15, 0.2) is 65.7 Å². The molecular weight excluding hydrogens is 476 g/mol. The molecule has 12 nitrogen and oxygen atoms in total. The Morgan fingerprint density at radius 2 is 2.03 bits per heavy atom. The second-order valence-corrected chi connectivity index (χ2v) is 8.94. The number of aromatic amines is 1. The van der Waals surface area contributed by atoms with E-state index in [-0.39, 0.29) is 17.4 Å². The Bertz CT molecular complexity index is 1720. The van der Waals surface area contributed by atoms with Gasteiger partial charge in [0.1, 0.15) is 17.4 Å². The van der Waals surface area contributed by atoms with E-state index in [0.29, 0.717) is 58.1 Å². The van der Waals surface area contributed by atoms with Gasteiger partial charge in [-0.05, 0) is 18.2 Å². The van der Waals surface area contributed by atoms with Gasteiger partial charge in [0.05, 0.1) is 40.2 Å². The van der Waals surface area contributed by atoms with E-state index >= 15 is 0 Å². The van der Waals surface area contributed by atoms with Crippen molar-refractivity contribution >= 4 is 39.3 Å². The van der Waals surface area contributed by atoms with Crippen molar-refractivity contribution in [2.24, 2.45) is 0 Å². The number of ether oxygens (including phenoxy) is 1. The molecule has 3 aromatic heterocycles. The fraction of sp³-hybridized carbons (Fsp3) is 0.200. The van der Waals surface area contributed by atoms with Gasteiger partial charge in [-0.2, -0.15) is 10.1 Å². The Labute approximate surface area is 209 Å². The zero-order valence-corrected chi connectivity index (χ0v) is 20.0. The van der Waals surface area contributed by atoms with Gasteiger partial charge in [-0.1, -0.05) is 18.2 Å². The van der Waals surface area contributed by atoms with Crippen LogP contribution in [0.5, 0.6) is 5.75 Å². The van der Waals surface area contributed by atoms with Crippen molar-refractivity contribution in [1.29, 1.82) is 0 Å². The molecule has 186 valence electrons. The molecule has 0 amide bonds. The number of likely N-dealkylation sites (N-methyl/N-ethyl adjacent to an activating group) is 2. The van der Waals surface area contributed by atoms with Crippen LogP contribution in [-0.2, 0) is 0 Å². The van der Waals surface area contributed by atoms with E-state index in [2.05, 4.69) is 15.2 Å². The maximum Gasteiger partial charge on any atom is 0.271 e. The van der Waals surface area contributed by atoms with Gasteiger partial charge >= 0.3 is 0 Å². The molecule has 0 unspecified atom stereocenters. The SMILES string of the molecule is CN(C[C@H]1CN(C)c2cc([N+](=O)[O-])ccc2O1)c1ncc2c3n[nH]cc3c(=O)n(-c3ccccc3)c2n1. The van der Waals surface area contributed by atoms with Gasteiger partial charge in [0, 0.05) is 38.6 Å². The number of nitrogens with one attached hydrogen (secondary N) is 1. The van der Waals surface area contributed by atoms with Crippen molar-refractivity contribution in [1.82, 2.24) is 24.7 Å². The normalized spacial score (nSPS) is 15.0. The summed E-state index contributed by atoms with van der Waals surface area (Å²) >= 11 is 0. The highest BCUT2D eigenvalue weighted by Gasteiger charge is 2.27. The summed E-state index contributed by atoms with van der Waals surface area (Å²) in [5.41, 5.74) is 2.12. The molecule has 1 aliphatic rings. The van der Waals surface area contributed by atoms with Gasteiger partial charge in [0.15, 0.2) is 5.65 Å². The summed E-state index contributed by atoms with van der Waals surface area (Å²) in [7, 11) is 3.73. The van der Waals surface area contributed by atoms with Crippen LogP contribution < -0.4 is 20.1 Å². The van der Waals surface area contributed by atoms with Gasteiger partial charge in [-0.3, -0.25) is 24.6 Å². The molecule has 0 radical (unpaired) electrons. The molecule has 1 atom stereocenters. The number of anilines is 2. The summed E-state index contributed by atoms with van der Waals surface area (Å²) in [5.74, 6) is 1.00. The Morgan fingerprint density at radius 1 is 1.22 bits per heavy atom. The number of nitro groups is 1. The Hall–Kier alpha value is -5.00. The van der Waals surface area contributed by atoms with Crippen molar-refractivity contribution in [2.75, 3.05) is 37.0 Å². The number of nitrogens with zero attached hydrogens (tertiary/aromatic N) is 7. The molecule has 0 aliphatic carbocycles. The highest BCUT2D eigenvalue weighted by molar-refractivity contribution is 6.02. The predicted molar refractivity (Wildman–Crippen MR) is 139 cm³/mol. The first kappa shape index (κ1) is 22.5. The molecule has 0 saturated heterocycles. The zero-order valence-electron chi connectivity index (χ0n) is 20.0. The zero-order chi connectivity index (χ0) is 25.7. The first-order valence-corrected chi connectivity index (χ1v) is 11.6. The highest BCUT2D eigenvalue weighted by atomic mass is 16.6. The summed E-state index contributed by atoms with van der Waals surface area (Å²) in [6, 6.07) is 13.9. The molecule has 12 heteroatoms. The number of non-ortho nitro benzene ring substituents is 1. The van der Waals surface area contributed by atoms with Gasteiger partial charge in [-0.25, -0.2) is 4.98 Å². The minimum Gasteiger partial charge on any atom is -0.485 e. The van der Waals surface area contributed by atoms with Crippen molar-refractivity contribution in [3.8, 4) is 11.4 Å². The summed E-state index contributed by atoms with van der Waals surface area (Å²) in [4.78, 5) is 37.3. The smallest absolute Gasteiger partial charge is 0.271 e. The lowest BCUT2D eigenvalue weighted by atomic mass is 10.2. The average molecular weight is 499 g/mol. The number of hydrogen-bond donors (Lipinski definition) is 1. The minimum atomic E-state index is -0.420. The lowest BCUT2D eigenvalue weighted by Gasteiger charge is -2.35. The van der Waals surface area contributed by atoms with Crippen LogP contribution in [0.2, 0.25) is 0 Å². The molecule has 0 fully saturated rings. The minimum absolute atomic E-state index is 0.0183. The molecular formula is C25H22N8O4. The van der Waals surface area contributed by atoms with Crippen molar-refractivity contribution in [3.05, 3.63) is 81.4 Å². The number of nitro benzene ring substituents is 1. The third kappa shape index (κ3) is 3.78. The quantitative estimate of drug-likeness (QED) is 0.287. The van der Waals surface area contributed by atoms with Crippen LogP contribution in [0.25, 0.3) is 27.6 Å². The summed E-state index contributed by atoms with van der Waals surface area (Å²) in [6.45, 7) is 0.973. The van der Waals surface area contributed by atoms with E-state index < -0.39 is 4.92 Å². The maximum atomic E-state index is 13.4. The number of para-hydroxylation sites is 1. The van der Waals surface area contributed by atoms with E-state index in [0.717, 1.165) is 0 Å². The number of fused-ring (bicyclic) bond motifs is 4. The number of benzene rings is 2. The Morgan fingerprint density at radius 3 is 2.81 bits per heavy atom. The maximum absolute atomic E-state index is 13.4. The Balaban J connectivity index is 1.35. The largest absolute Gasteiger partial charge is 0.485 e. The fourth-order valence-corrected chi connectivity index (χ4v) is 4.70. The van der Waals surface area contributed by atoms with Crippen molar-refractivity contribution in [3.63, 3.8) is 0 Å². The molecule has 2 aromatic carbocycles. The third-order valence-corrected chi connectivity index (χ3v) is 6.47. The van der Waals surface area contributed by atoms with Gasteiger partial charge in [0.25, 0.3) is 11.2 Å². The number of rotatable bonds is 5. The van der Waals surface area contributed by atoms with E-state index in [1.165, 1.54) is 12.1 Å². The van der Waals surface area contributed by atoms with Crippen LogP contribution >= 0.6 is 0 Å². The van der Waals surface area contributed by atoms with E-state index in [9.17, 15) is 14.9 Å². The van der Waals surface area contributed by atoms with Crippen LogP contribution in [0.4, 0.5) is 17.3 Å². The highest BCUT2D eigenvalue weighted by Crippen LogP contribution is 2.35. The van der Waals surface area contributed by atoms with E-state index in [1.54, 1.807) is 23.0 Å². The number of pyridine rings is 1. The predicted octanol–water partition coefficient (Wildman–Crippen LogP) is 2.90. The molecule has 1 aliphatic heterocycles. The lowest BCUT2D eigenvalue weighted by molar-refractivity contribution is -0.384. The lowest BCUT2D eigenvalue weighted by Crippen LogP contribution is -2.44. The van der Waals surface area contributed by atoms with Gasteiger partial charge in [-0.15, -0.1) is 0 Å². The monoisotopic (exact) mass is 498 g/mol. The van der Waals surface area contributed by atoms with Crippen molar-refractivity contribution < 1.29 is 9.66 Å². The molecule has 37 heavy (non-hydrogen) atoms. The molecule has 0 bridgehead atoms.